The lowest BCUT2D eigenvalue weighted by Crippen LogP contribution is -2.23. The predicted molar refractivity (Wildman–Crippen MR) is 138 cm³/mol. The van der Waals surface area contributed by atoms with Gasteiger partial charge in [0.1, 0.15) is 5.65 Å². The molecule has 2 aromatic heterocycles. The van der Waals surface area contributed by atoms with Crippen molar-refractivity contribution in [2.45, 2.75) is 19.4 Å². The number of aromatic nitrogens is 2. The number of nitrogens with zero attached hydrogens (tertiary/aromatic N) is 2. The molecule has 4 nitrogen and oxygen atoms in total. The first-order chi connectivity index (χ1) is 16.7. The van der Waals surface area contributed by atoms with E-state index in [0.717, 1.165) is 39.3 Å². The Balaban J connectivity index is 1.46. The van der Waals surface area contributed by atoms with Crippen LogP contribution in [0.2, 0.25) is 5.02 Å². The molecule has 5 rings (SSSR count). The first-order valence-electron chi connectivity index (χ1n) is 11.3. The minimum atomic E-state index is 0.0140. The molecule has 168 valence electrons. The zero-order valence-corrected chi connectivity index (χ0v) is 19.4. The topological polar surface area (TPSA) is 46.4 Å². The molecule has 0 radical (unpaired) electrons. The molecule has 0 aliphatic carbocycles. The fourth-order valence-electron chi connectivity index (χ4n) is 4.09. The standard InChI is InChI=1S/C29H24ClN3O/c30-25-14-11-23(12-15-25)29-26(16-18-28(34)31-19-21-7-3-1-4-8-21)33-20-24(13-17-27(33)32-29)22-9-5-2-6-10-22/h1-15,17,20H,16,18-19H2,(H,31,34). The van der Waals surface area contributed by atoms with Crippen LogP contribution in [0.5, 0.6) is 0 Å². The van der Waals surface area contributed by atoms with Crippen LogP contribution in [-0.4, -0.2) is 15.3 Å². The molecule has 5 aromatic rings. The van der Waals surface area contributed by atoms with E-state index in [2.05, 4.69) is 34.1 Å². The van der Waals surface area contributed by atoms with Crippen LogP contribution in [0, 0.1) is 0 Å². The van der Waals surface area contributed by atoms with E-state index in [9.17, 15) is 4.79 Å². The summed E-state index contributed by atoms with van der Waals surface area (Å²) in [5.74, 6) is 0.0140. The Morgan fingerprint density at radius 3 is 2.21 bits per heavy atom. The molecule has 0 saturated carbocycles. The van der Waals surface area contributed by atoms with Crippen molar-refractivity contribution in [2.75, 3.05) is 0 Å². The molecule has 0 aliphatic heterocycles. The van der Waals surface area contributed by atoms with Gasteiger partial charge in [0.25, 0.3) is 0 Å². The highest BCUT2D eigenvalue weighted by Crippen LogP contribution is 2.29. The Labute approximate surface area is 203 Å². The largest absolute Gasteiger partial charge is 0.352 e. The zero-order chi connectivity index (χ0) is 23.3. The van der Waals surface area contributed by atoms with Crippen molar-refractivity contribution in [3.05, 3.63) is 120 Å². The number of carbonyl (C=O) groups is 1. The SMILES string of the molecule is O=C(CCc1c(-c2ccc(Cl)cc2)nc2ccc(-c3ccccc3)cn12)NCc1ccccc1. The van der Waals surface area contributed by atoms with Crippen molar-refractivity contribution in [3.63, 3.8) is 0 Å². The van der Waals surface area contributed by atoms with Gasteiger partial charge in [-0.3, -0.25) is 4.79 Å². The monoisotopic (exact) mass is 465 g/mol. The number of carbonyl (C=O) groups excluding carboxylic acids is 1. The van der Waals surface area contributed by atoms with Gasteiger partial charge in [0.15, 0.2) is 0 Å². The highest BCUT2D eigenvalue weighted by molar-refractivity contribution is 6.30. The molecule has 0 saturated heterocycles. The lowest BCUT2D eigenvalue weighted by Gasteiger charge is -2.09. The van der Waals surface area contributed by atoms with E-state index in [-0.39, 0.29) is 5.91 Å². The van der Waals surface area contributed by atoms with E-state index >= 15 is 0 Å². The maximum Gasteiger partial charge on any atom is 0.220 e. The summed E-state index contributed by atoms with van der Waals surface area (Å²) >= 11 is 6.12. The number of nitrogens with one attached hydrogen (secondary N) is 1. The van der Waals surface area contributed by atoms with Gasteiger partial charge in [-0.05, 0) is 47.4 Å². The average molecular weight is 466 g/mol. The first-order valence-corrected chi connectivity index (χ1v) is 11.7. The maximum absolute atomic E-state index is 12.7. The van der Waals surface area contributed by atoms with Crippen LogP contribution in [0.3, 0.4) is 0 Å². The second kappa shape index (κ2) is 9.94. The molecule has 2 heterocycles. The molecule has 0 spiro atoms. The number of imidazole rings is 1. The highest BCUT2D eigenvalue weighted by atomic mass is 35.5. The second-order valence-corrected chi connectivity index (χ2v) is 8.62. The fourth-order valence-corrected chi connectivity index (χ4v) is 4.22. The van der Waals surface area contributed by atoms with Gasteiger partial charge in [-0.1, -0.05) is 84.4 Å². The summed E-state index contributed by atoms with van der Waals surface area (Å²) in [5.41, 5.74) is 7.03. The number of benzene rings is 3. The van der Waals surface area contributed by atoms with E-state index in [1.165, 1.54) is 0 Å². The zero-order valence-electron chi connectivity index (χ0n) is 18.6. The van der Waals surface area contributed by atoms with Crippen LogP contribution in [0.4, 0.5) is 0 Å². The van der Waals surface area contributed by atoms with Crippen molar-refractivity contribution >= 4 is 23.2 Å². The summed E-state index contributed by atoms with van der Waals surface area (Å²) in [6.45, 7) is 0.523. The predicted octanol–water partition coefficient (Wildman–Crippen LogP) is 6.57. The van der Waals surface area contributed by atoms with E-state index in [1.807, 2.05) is 78.9 Å². The van der Waals surface area contributed by atoms with Crippen LogP contribution in [-0.2, 0) is 17.8 Å². The summed E-state index contributed by atoms with van der Waals surface area (Å²) in [7, 11) is 0. The molecular formula is C29H24ClN3O. The molecule has 0 fully saturated rings. The number of hydrogen-bond donors (Lipinski definition) is 1. The van der Waals surface area contributed by atoms with Gasteiger partial charge >= 0.3 is 0 Å². The Morgan fingerprint density at radius 1 is 0.794 bits per heavy atom. The minimum absolute atomic E-state index is 0.0140. The Morgan fingerprint density at radius 2 is 1.47 bits per heavy atom. The lowest BCUT2D eigenvalue weighted by molar-refractivity contribution is -0.121. The summed E-state index contributed by atoms with van der Waals surface area (Å²) in [6, 6.07) is 32.0. The fraction of sp³-hybridized carbons (Fsp3) is 0.103. The number of rotatable bonds is 7. The number of hydrogen-bond acceptors (Lipinski definition) is 2. The van der Waals surface area contributed by atoms with Gasteiger partial charge < -0.3 is 9.72 Å². The van der Waals surface area contributed by atoms with E-state index < -0.39 is 0 Å². The highest BCUT2D eigenvalue weighted by Gasteiger charge is 2.16. The molecule has 1 N–H and O–H groups in total. The Hall–Kier alpha value is -3.89. The third kappa shape index (κ3) is 4.87. The van der Waals surface area contributed by atoms with Crippen molar-refractivity contribution in [1.82, 2.24) is 14.7 Å². The van der Waals surface area contributed by atoms with Crippen LogP contribution in [0.15, 0.2) is 103 Å². The Bertz CT molecular complexity index is 1410. The summed E-state index contributed by atoms with van der Waals surface area (Å²) in [5, 5.41) is 3.71. The van der Waals surface area contributed by atoms with Crippen molar-refractivity contribution in [2.24, 2.45) is 0 Å². The third-order valence-electron chi connectivity index (χ3n) is 5.86. The number of fused-ring (bicyclic) bond motifs is 1. The smallest absolute Gasteiger partial charge is 0.220 e. The van der Waals surface area contributed by atoms with Gasteiger partial charge in [-0.2, -0.15) is 0 Å². The van der Waals surface area contributed by atoms with Crippen molar-refractivity contribution < 1.29 is 4.79 Å². The molecule has 0 bridgehead atoms. The van der Waals surface area contributed by atoms with E-state index in [0.29, 0.717) is 24.4 Å². The molecule has 5 heteroatoms. The minimum Gasteiger partial charge on any atom is -0.352 e. The van der Waals surface area contributed by atoms with Crippen molar-refractivity contribution in [3.8, 4) is 22.4 Å². The van der Waals surface area contributed by atoms with Crippen LogP contribution >= 0.6 is 11.6 Å². The van der Waals surface area contributed by atoms with Gasteiger partial charge in [0.05, 0.1) is 11.4 Å². The first kappa shape index (κ1) is 21.9. The van der Waals surface area contributed by atoms with Crippen LogP contribution < -0.4 is 5.32 Å². The third-order valence-corrected chi connectivity index (χ3v) is 6.12. The second-order valence-electron chi connectivity index (χ2n) is 8.19. The molecule has 34 heavy (non-hydrogen) atoms. The Kier molecular flexibility index (Phi) is 6.41. The molecule has 0 aliphatic rings. The summed E-state index contributed by atoms with van der Waals surface area (Å²) in [6.07, 6.45) is 3.04. The summed E-state index contributed by atoms with van der Waals surface area (Å²) in [4.78, 5) is 17.6. The average Bonchev–Trinajstić information content (AvgIpc) is 3.25. The van der Waals surface area contributed by atoms with Gasteiger partial charge in [-0.25, -0.2) is 4.98 Å². The number of aryl methyl sites for hydroxylation is 1. The van der Waals surface area contributed by atoms with E-state index in [1.54, 1.807) is 0 Å². The van der Waals surface area contributed by atoms with Crippen molar-refractivity contribution in [1.29, 1.82) is 0 Å². The quantitative estimate of drug-likeness (QED) is 0.295. The number of pyridine rings is 1. The number of halogens is 1. The molecule has 1 amide bonds. The van der Waals surface area contributed by atoms with E-state index in [4.69, 9.17) is 16.6 Å². The lowest BCUT2D eigenvalue weighted by atomic mass is 10.1. The molecular weight excluding hydrogens is 442 g/mol. The normalized spacial score (nSPS) is 11.0. The number of amides is 1. The van der Waals surface area contributed by atoms with Crippen LogP contribution in [0.1, 0.15) is 17.7 Å². The molecule has 3 aromatic carbocycles. The van der Waals surface area contributed by atoms with Gasteiger partial charge in [-0.15, -0.1) is 0 Å². The van der Waals surface area contributed by atoms with Gasteiger partial charge in [0, 0.05) is 29.7 Å². The molecule has 0 unspecified atom stereocenters. The van der Waals surface area contributed by atoms with Gasteiger partial charge in [0.2, 0.25) is 5.91 Å². The van der Waals surface area contributed by atoms with Crippen LogP contribution in [0.25, 0.3) is 28.0 Å². The summed E-state index contributed by atoms with van der Waals surface area (Å²) < 4.78 is 2.11. The maximum atomic E-state index is 12.7. The molecule has 0 atom stereocenters.